The first-order chi connectivity index (χ1) is 12.3. The molecule has 4 aromatic rings. The van der Waals surface area contributed by atoms with Crippen LogP contribution in [0.3, 0.4) is 0 Å². The molecule has 0 radical (unpaired) electrons. The monoisotopic (exact) mass is 326 g/mol. The Labute approximate surface area is 145 Å². The molecule has 2 N–H and O–H groups in total. The minimum absolute atomic E-state index is 0.248. The third-order valence-corrected chi connectivity index (χ3v) is 5.09. The third kappa shape index (κ3) is 2.14. The van der Waals surface area contributed by atoms with Crippen LogP contribution in [0, 0.1) is 0 Å². The number of fused-ring (bicyclic) bond motifs is 2. The standard InChI is InChI=1S/C21H18N4/c22-21-19-18(12-13-23-21)25(24-20(19)15-7-2-1-3-8-15)17-11-10-14-6-4-5-9-16(14)17/h1-9,12-13,17H,10-11H2,(H2,22,23). The Morgan fingerprint density at radius 1 is 0.960 bits per heavy atom. The van der Waals surface area contributed by atoms with E-state index in [2.05, 4.69) is 46.1 Å². The van der Waals surface area contributed by atoms with Crippen LogP contribution in [0.25, 0.3) is 22.2 Å². The quantitative estimate of drug-likeness (QED) is 0.600. The van der Waals surface area contributed by atoms with Gasteiger partial charge < -0.3 is 5.73 Å². The Morgan fingerprint density at radius 2 is 1.76 bits per heavy atom. The summed E-state index contributed by atoms with van der Waals surface area (Å²) >= 11 is 0. The highest BCUT2D eigenvalue weighted by atomic mass is 15.3. The van der Waals surface area contributed by atoms with Gasteiger partial charge in [-0.3, -0.25) is 4.68 Å². The summed E-state index contributed by atoms with van der Waals surface area (Å²) in [5.74, 6) is 0.536. The molecule has 0 amide bonds. The average Bonchev–Trinajstić information content (AvgIpc) is 3.24. The van der Waals surface area contributed by atoms with Gasteiger partial charge in [-0.25, -0.2) is 4.98 Å². The number of pyridine rings is 1. The number of nitrogen functional groups attached to an aromatic ring is 1. The van der Waals surface area contributed by atoms with Crippen molar-refractivity contribution in [2.24, 2.45) is 0 Å². The second-order valence-electron chi connectivity index (χ2n) is 6.50. The summed E-state index contributed by atoms with van der Waals surface area (Å²) in [6.07, 6.45) is 3.92. The predicted octanol–water partition coefficient (Wildman–Crippen LogP) is 4.22. The molecule has 122 valence electrons. The summed E-state index contributed by atoms with van der Waals surface area (Å²) in [5.41, 5.74) is 12.0. The third-order valence-electron chi connectivity index (χ3n) is 5.09. The molecule has 4 nitrogen and oxygen atoms in total. The number of hydrogen-bond acceptors (Lipinski definition) is 3. The zero-order chi connectivity index (χ0) is 16.8. The molecule has 1 aliphatic rings. The highest BCUT2D eigenvalue weighted by Crippen LogP contribution is 2.39. The number of nitrogens with two attached hydrogens (primary N) is 1. The Balaban J connectivity index is 1.77. The van der Waals surface area contributed by atoms with E-state index >= 15 is 0 Å². The van der Waals surface area contributed by atoms with E-state index in [1.165, 1.54) is 11.1 Å². The second kappa shape index (κ2) is 5.45. The van der Waals surface area contributed by atoms with Crippen molar-refractivity contribution in [3.8, 4) is 11.3 Å². The molecule has 1 aliphatic carbocycles. The van der Waals surface area contributed by atoms with Gasteiger partial charge in [-0.2, -0.15) is 5.10 Å². The number of anilines is 1. The van der Waals surface area contributed by atoms with E-state index in [4.69, 9.17) is 10.8 Å². The van der Waals surface area contributed by atoms with E-state index in [9.17, 15) is 0 Å². The van der Waals surface area contributed by atoms with Crippen molar-refractivity contribution in [1.82, 2.24) is 14.8 Å². The van der Waals surface area contributed by atoms with Gasteiger partial charge in [-0.05, 0) is 30.0 Å². The number of nitrogens with zero attached hydrogens (tertiary/aromatic N) is 3. The van der Waals surface area contributed by atoms with E-state index < -0.39 is 0 Å². The lowest BCUT2D eigenvalue weighted by Gasteiger charge is -2.13. The van der Waals surface area contributed by atoms with Gasteiger partial charge in [0, 0.05) is 11.8 Å². The SMILES string of the molecule is Nc1nccc2c1c(-c1ccccc1)nn2C1CCc2ccccc21. The lowest BCUT2D eigenvalue weighted by molar-refractivity contribution is 0.538. The Morgan fingerprint density at radius 3 is 2.64 bits per heavy atom. The Hall–Kier alpha value is -3.14. The van der Waals surface area contributed by atoms with Crippen LogP contribution in [0.2, 0.25) is 0 Å². The Kier molecular flexibility index (Phi) is 3.10. The van der Waals surface area contributed by atoms with E-state index in [0.717, 1.165) is 35.0 Å². The molecular formula is C21H18N4. The molecule has 1 unspecified atom stereocenters. The molecule has 25 heavy (non-hydrogen) atoms. The maximum atomic E-state index is 6.24. The van der Waals surface area contributed by atoms with E-state index in [0.29, 0.717) is 5.82 Å². The first-order valence-electron chi connectivity index (χ1n) is 8.59. The number of hydrogen-bond donors (Lipinski definition) is 1. The van der Waals surface area contributed by atoms with Gasteiger partial charge >= 0.3 is 0 Å². The van der Waals surface area contributed by atoms with Crippen LogP contribution >= 0.6 is 0 Å². The van der Waals surface area contributed by atoms with Crippen LogP contribution in [-0.4, -0.2) is 14.8 Å². The normalized spacial score (nSPS) is 16.2. The Bertz CT molecular complexity index is 1070. The van der Waals surface area contributed by atoms with E-state index in [1.54, 1.807) is 6.20 Å². The maximum Gasteiger partial charge on any atom is 0.135 e. The van der Waals surface area contributed by atoms with Gasteiger partial charge in [0.1, 0.15) is 11.5 Å². The largest absolute Gasteiger partial charge is 0.383 e. The first-order valence-corrected chi connectivity index (χ1v) is 8.59. The van der Waals surface area contributed by atoms with Gasteiger partial charge in [-0.1, -0.05) is 54.6 Å². The predicted molar refractivity (Wildman–Crippen MR) is 100 cm³/mol. The van der Waals surface area contributed by atoms with Crippen LogP contribution in [-0.2, 0) is 6.42 Å². The van der Waals surface area contributed by atoms with Crippen molar-refractivity contribution in [1.29, 1.82) is 0 Å². The number of aromatic nitrogens is 3. The fourth-order valence-electron chi connectivity index (χ4n) is 3.94. The molecule has 0 saturated carbocycles. The topological polar surface area (TPSA) is 56.7 Å². The smallest absolute Gasteiger partial charge is 0.135 e. The second-order valence-corrected chi connectivity index (χ2v) is 6.50. The van der Waals surface area contributed by atoms with Crippen molar-refractivity contribution < 1.29 is 0 Å². The summed E-state index contributed by atoms with van der Waals surface area (Å²) in [4.78, 5) is 4.30. The van der Waals surface area contributed by atoms with E-state index in [-0.39, 0.29) is 6.04 Å². The summed E-state index contributed by atoms with van der Waals surface area (Å²) in [6.45, 7) is 0. The molecule has 4 heteroatoms. The number of rotatable bonds is 2. The van der Waals surface area contributed by atoms with Crippen molar-refractivity contribution in [3.63, 3.8) is 0 Å². The molecule has 0 fully saturated rings. The molecule has 5 rings (SSSR count). The molecule has 2 aromatic heterocycles. The van der Waals surface area contributed by atoms with Gasteiger partial charge in [0.05, 0.1) is 16.9 Å². The fourth-order valence-corrected chi connectivity index (χ4v) is 3.94. The van der Waals surface area contributed by atoms with Crippen molar-refractivity contribution >= 4 is 16.7 Å². The average molecular weight is 326 g/mol. The molecule has 0 aliphatic heterocycles. The van der Waals surface area contributed by atoms with Crippen LogP contribution in [0.5, 0.6) is 0 Å². The molecule has 0 spiro atoms. The lowest BCUT2D eigenvalue weighted by atomic mass is 10.1. The van der Waals surface area contributed by atoms with Gasteiger partial charge in [0.2, 0.25) is 0 Å². The maximum absolute atomic E-state index is 6.24. The highest BCUT2D eigenvalue weighted by Gasteiger charge is 2.27. The fraction of sp³-hybridized carbons (Fsp3) is 0.143. The molecule has 1 atom stereocenters. The first kappa shape index (κ1) is 14.2. The summed E-state index contributed by atoms with van der Waals surface area (Å²) in [7, 11) is 0. The van der Waals surface area contributed by atoms with Crippen molar-refractivity contribution in [2.75, 3.05) is 5.73 Å². The van der Waals surface area contributed by atoms with Crippen LogP contribution in [0.15, 0.2) is 66.9 Å². The minimum atomic E-state index is 0.248. The molecule has 0 saturated heterocycles. The van der Waals surface area contributed by atoms with Crippen LogP contribution < -0.4 is 5.73 Å². The number of benzene rings is 2. The van der Waals surface area contributed by atoms with Crippen molar-refractivity contribution in [3.05, 3.63) is 78.0 Å². The lowest BCUT2D eigenvalue weighted by Crippen LogP contribution is -2.09. The number of aryl methyl sites for hydroxylation is 1. The van der Waals surface area contributed by atoms with Gasteiger partial charge in [0.25, 0.3) is 0 Å². The van der Waals surface area contributed by atoms with Crippen LogP contribution in [0.4, 0.5) is 5.82 Å². The molecular weight excluding hydrogens is 308 g/mol. The van der Waals surface area contributed by atoms with Crippen LogP contribution in [0.1, 0.15) is 23.6 Å². The van der Waals surface area contributed by atoms with Gasteiger partial charge in [0.15, 0.2) is 0 Å². The van der Waals surface area contributed by atoms with Gasteiger partial charge in [-0.15, -0.1) is 0 Å². The summed E-state index contributed by atoms with van der Waals surface area (Å²) in [6, 6.07) is 21.1. The molecule has 2 aromatic carbocycles. The van der Waals surface area contributed by atoms with E-state index in [1.807, 2.05) is 24.3 Å². The van der Waals surface area contributed by atoms with Crippen molar-refractivity contribution in [2.45, 2.75) is 18.9 Å². The zero-order valence-electron chi connectivity index (χ0n) is 13.8. The summed E-state index contributed by atoms with van der Waals surface area (Å²) < 4.78 is 2.14. The minimum Gasteiger partial charge on any atom is -0.383 e. The molecule has 2 heterocycles. The molecule has 0 bridgehead atoms. The highest BCUT2D eigenvalue weighted by molar-refractivity contribution is 6.00. The zero-order valence-corrected chi connectivity index (χ0v) is 13.8. The summed E-state index contributed by atoms with van der Waals surface area (Å²) in [5, 5.41) is 5.94.